The summed E-state index contributed by atoms with van der Waals surface area (Å²) in [6.07, 6.45) is 12.7. The summed E-state index contributed by atoms with van der Waals surface area (Å²) in [5.41, 5.74) is 5.46. The molecule has 81 heavy (non-hydrogen) atoms. The Balaban J connectivity index is 0.000000230. The van der Waals surface area contributed by atoms with Gasteiger partial charge in [0.1, 0.15) is 18.7 Å². The summed E-state index contributed by atoms with van der Waals surface area (Å²) in [4.78, 5) is 82.0. The number of amides is 5. The first-order valence-electron chi connectivity index (χ1n) is 24.4. The fourth-order valence-corrected chi connectivity index (χ4v) is 3360. The SMILES string of the molecule is CN1C[C@H](C(=O)CC2=CC(C3CC3)=NC2)N(C2CCN(C(=O)OCc3ccccc3)CC2)C1=O.CN1C[C@H](C(=O)CC2=CC(C3CC3)=NC2)N(C2CCNCC2)C1=O.Cl.II(I)I(I)I(I)I(I)I(I)I(I)I(I)I(I)I(I)I(I)I.[2HH]. The Kier molecular flexibility index (Phi) is 41.7. The largest absolute Gasteiger partial charge is 0 e. The number of nitrogens with zero attached hydrogens (tertiary/aromatic N) is 7. The molecule has 474 valence electrons. The van der Waals surface area contributed by atoms with Crippen LogP contribution in [-0.4, -0.2) is 156 Å². The monoisotopic (exact) mass is 3630 g/mol. The van der Waals surface area contributed by atoms with Crippen molar-refractivity contribution in [2.75, 3.05) is 66.5 Å². The number of hydrogen-bond donors (Lipinski definition) is 1. The van der Waals surface area contributed by atoms with Gasteiger partial charge in [0.2, 0.25) is 0 Å². The number of allylic oxidation sites excluding steroid dienone is 2. The third-order valence-corrected chi connectivity index (χ3v) is 1500. The first-order chi connectivity index (χ1) is 38.1. The number of hydrogen-bond acceptors (Lipinski definition) is 9. The van der Waals surface area contributed by atoms with Gasteiger partial charge in [0, 0.05) is 89.9 Å². The van der Waals surface area contributed by atoms with Crippen LogP contribution in [0.3, 0.4) is 0 Å². The second kappa shape index (κ2) is 41.4. The quantitative estimate of drug-likeness (QED) is 0.121. The van der Waals surface area contributed by atoms with Gasteiger partial charge in [0.15, 0.2) is 11.6 Å². The second-order valence-electron chi connectivity index (χ2n) is 19.0. The molecule has 6 aliphatic heterocycles. The number of carbonyl (C=O) groups excluding carboxylic acids is 5. The van der Waals surface area contributed by atoms with E-state index in [0.29, 0.717) is 76.8 Å². The van der Waals surface area contributed by atoms with Gasteiger partial charge in [-0.25, -0.2) is 14.4 Å². The van der Waals surface area contributed by atoms with Crippen LogP contribution in [-0.2, 0) is 20.9 Å². The van der Waals surface area contributed by atoms with Gasteiger partial charge >= 0.3 is 320 Å². The summed E-state index contributed by atoms with van der Waals surface area (Å²) < 4.78 is 5.46. The first kappa shape index (κ1) is 81.5. The van der Waals surface area contributed by atoms with Crippen molar-refractivity contribution in [2.24, 2.45) is 21.8 Å². The van der Waals surface area contributed by atoms with Crippen LogP contribution in [0.1, 0.15) is 71.2 Å². The van der Waals surface area contributed by atoms with E-state index in [4.69, 9.17) is 4.74 Å². The Morgan fingerprint density at radius 3 is 1.35 bits per heavy atom. The van der Waals surface area contributed by atoms with Gasteiger partial charge in [-0.2, -0.15) is 0 Å². The van der Waals surface area contributed by atoms with Gasteiger partial charge < -0.3 is 34.6 Å². The van der Waals surface area contributed by atoms with Crippen molar-refractivity contribution >= 4 is 356 Å². The van der Waals surface area contributed by atoms with Crippen LogP contribution in [0, 0.1) is 11.8 Å². The Morgan fingerprint density at radius 1 is 0.580 bits per heavy atom. The van der Waals surface area contributed by atoms with Crippen LogP contribution in [0.25, 0.3) is 0 Å². The number of carbonyl (C=O) groups is 5. The molecule has 2 aliphatic carbocycles. The van der Waals surface area contributed by atoms with E-state index in [1.165, 1.54) is 31.4 Å². The van der Waals surface area contributed by atoms with Gasteiger partial charge in [0.05, 0.1) is 13.1 Å². The minimum atomic E-state index is -0.447. The summed E-state index contributed by atoms with van der Waals surface area (Å²) >= 11 is 36.7. The molecule has 8 aliphatic rings. The van der Waals surface area contributed by atoms with Crippen molar-refractivity contribution in [2.45, 2.75) is 95.0 Å². The third-order valence-electron chi connectivity index (χ3n) is 13.6. The zero-order valence-corrected chi connectivity index (χ0v) is 91.0. The van der Waals surface area contributed by atoms with Crippen molar-refractivity contribution in [1.82, 2.24) is 29.8 Å². The molecule has 0 radical (unpaired) electrons. The summed E-state index contributed by atoms with van der Waals surface area (Å²) in [5, 5.41) is 3.33. The van der Waals surface area contributed by atoms with E-state index < -0.39 is 85.0 Å². The van der Waals surface area contributed by atoms with Gasteiger partial charge in [-0.1, -0.05) is 30.3 Å². The maximum atomic E-state index is 13.2. The summed E-state index contributed by atoms with van der Waals surface area (Å²) in [6.45, 7) is 5.32. The summed E-state index contributed by atoms with van der Waals surface area (Å²) in [7, 11) is -0.646. The second-order valence-corrected chi connectivity index (χ2v) is 506. The molecule has 0 aromatic heterocycles. The minimum absolute atomic E-state index is 0. The molecule has 0 spiro atoms. The van der Waals surface area contributed by atoms with Gasteiger partial charge in [-0.3, -0.25) is 19.6 Å². The number of benzene rings is 1. The van der Waals surface area contributed by atoms with Gasteiger partial charge in [0.25, 0.3) is 0 Å². The van der Waals surface area contributed by atoms with E-state index in [1.807, 2.05) is 35.2 Å². The number of Topliss-reactive ketones (excluding diaryl/α,β-unsaturated/α-hetero) is 2. The molecular weight excluding hydrogens is 3560 g/mol. The third kappa shape index (κ3) is 25.2. The number of aliphatic imine (C=N–C) groups is 2. The predicted molar refractivity (Wildman–Crippen MR) is 538 cm³/mol. The molecule has 0 unspecified atom stereocenters. The number of urea groups is 2. The van der Waals surface area contributed by atoms with Crippen molar-refractivity contribution < 1.29 is 30.1 Å². The molecule has 0 bridgehead atoms. The number of nitrogens with one attached hydrogen (secondary N) is 1. The molecule has 2 saturated carbocycles. The number of rotatable bonds is 21. The number of piperidine rings is 2. The topological polar surface area (TPSA) is 148 Å². The average molecular weight is 3630 g/mol. The first-order valence-corrected chi connectivity index (χ1v) is 156. The number of halogens is 23. The Bertz CT molecular complexity index is 2440. The number of ketones is 2. The van der Waals surface area contributed by atoms with E-state index in [2.05, 4.69) is 251 Å². The molecule has 2 atom stereocenters. The standard InChI is InChI=1S/C26H32N4O4.C18H26N4O2.ClH.I22.H2/c1-28-16-23(24(31)14-19-13-22(27-15-19)20-7-8-20)30(25(28)32)21-9-11-29(12-10-21)26(33)34-17-18-5-3-2-4-6-18;1-21-11-16(22(18(21)24)14-4-6-19-7-5-14)17(23)9-12-8-15(20-10-12)13-2-3-13;;1-13(2)15(5)17(7)19(9)21(11)22(12)20(10)18(8)16(6)14(3)4;/h2-6,13,20-21,23H,7-12,14-17H2,1H3;8,13-14,16,19H,2-7,9-11H2,1H3;1H;;1H/t23-;16-;;;/m11.../s1/i;;;;1+1. The normalized spacial score (nSPS) is 23.1. The molecule has 14 nitrogen and oxygen atoms in total. The van der Waals surface area contributed by atoms with Crippen molar-refractivity contribution in [3.05, 3.63) is 59.2 Å². The minimum Gasteiger partial charge on any atom is 0 e. The fraction of sp³-hybridized carbons (Fsp3) is 0.614. The molecule has 9 rings (SSSR count). The Hall–Kier alpha value is 11.5. The Morgan fingerprint density at radius 2 is 0.963 bits per heavy atom. The molecule has 1 aromatic rings. The van der Waals surface area contributed by atoms with Gasteiger partial charge in [-0.15, -0.1) is 12.4 Å². The Labute approximate surface area is 639 Å². The van der Waals surface area contributed by atoms with Crippen LogP contribution in [0.4, 0.5) is 14.4 Å². The van der Waals surface area contributed by atoms with Crippen molar-refractivity contribution in [3.63, 3.8) is 0 Å². The maximum absolute atomic E-state index is 13.2. The van der Waals surface area contributed by atoms with E-state index in [1.54, 1.807) is 33.7 Å². The molecule has 37 heteroatoms. The van der Waals surface area contributed by atoms with Crippen LogP contribution in [0.15, 0.2) is 63.6 Å². The van der Waals surface area contributed by atoms with Crippen molar-refractivity contribution in [3.8, 4) is 0 Å². The maximum Gasteiger partial charge on any atom is 0 e. The van der Waals surface area contributed by atoms with Crippen LogP contribution >= 0.6 is 315 Å². The summed E-state index contributed by atoms with van der Waals surface area (Å²) in [6, 6.07) is 8.91. The molecule has 4 saturated heterocycles. The van der Waals surface area contributed by atoms with Crippen molar-refractivity contribution in [1.29, 1.82) is 0 Å². The van der Waals surface area contributed by atoms with E-state index >= 15 is 0 Å². The fourth-order valence-electron chi connectivity index (χ4n) is 9.45. The van der Waals surface area contributed by atoms with E-state index in [0.717, 1.165) is 48.4 Å². The zero-order chi connectivity index (χ0) is 58.1. The molecule has 6 fully saturated rings. The number of ether oxygens (including phenoxy) is 1. The average Bonchev–Trinajstić information content (AvgIpc) is 4.43. The zero-order valence-electron chi connectivity index (χ0n) is 42.7. The molecule has 6 heterocycles. The van der Waals surface area contributed by atoms with Gasteiger partial charge in [-0.05, 0) is 93.3 Å². The smallest absolute Gasteiger partial charge is 0 e. The molecule has 5 amide bonds. The molecule has 1 aromatic carbocycles. The van der Waals surface area contributed by atoms with E-state index in [9.17, 15) is 24.0 Å². The predicted octanol–water partition coefficient (Wildman–Crippen LogP) is 24.7. The van der Waals surface area contributed by atoms with E-state index in [-0.39, 0.29) is 68.3 Å². The number of likely N-dealkylation sites (N-methyl/N-ethyl adjacent to an activating group) is 2. The van der Waals surface area contributed by atoms with Crippen LogP contribution in [0.2, 0.25) is 0 Å². The van der Waals surface area contributed by atoms with Crippen LogP contribution < -0.4 is 5.32 Å². The number of likely N-dealkylation sites (tertiary alicyclic amines) is 1. The summed E-state index contributed by atoms with van der Waals surface area (Å²) in [5.74, 6) is 1.49. The molecule has 1 N–H and O–H groups in total. The molecular formula is C44H61ClI22N8O6. The van der Waals surface area contributed by atoms with Crippen LogP contribution in [0.5, 0.6) is 0 Å².